The van der Waals surface area contributed by atoms with Gasteiger partial charge in [-0.2, -0.15) is 5.10 Å². The molecule has 0 aliphatic heterocycles. The lowest BCUT2D eigenvalue weighted by Gasteiger charge is -2.37. The van der Waals surface area contributed by atoms with E-state index in [-0.39, 0.29) is 17.9 Å². The van der Waals surface area contributed by atoms with Crippen LogP contribution in [-0.2, 0) is 7.05 Å². The van der Waals surface area contributed by atoms with E-state index in [2.05, 4.69) is 31.2 Å². The molecule has 1 aliphatic carbocycles. The van der Waals surface area contributed by atoms with Gasteiger partial charge in [0.25, 0.3) is 11.8 Å². The standard InChI is InChI=1S/C20H34N4O2/c1-7-24(8-2)19(26)16-13-17(23(6)22-16)18(25)21-15-11-9-14(10-12-15)20(3,4)5/h13-15H,7-12H2,1-6H3,(H,21,25). The molecule has 146 valence electrons. The molecule has 0 spiro atoms. The highest BCUT2D eigenvalue weighted by molar-refractivity contribution is 5.98. The average molecular weight is 363 g/mol. The number of aryl methyl sites for hydroxylation is 1. The van der Waals surface area contributed by atoms with Crippen molar-refractivity contribution in [2.24, 2.45) is 18.4 Å². The number of carbonyl (C=O) groups is 2. The third-order valence-electron chi connectivity index (χ3n) is 5.67. The number of rotatable bonds is 5. The third-order valence-corrected chi connectivity index (χ3v) is 5.67. The van der Waals surface area contributed by atoms with Crippen molar-refractivity contribution in [1.29, 1.82) is 0 Å². The summed E-state index contributed by atoms with van der Waals surface area (Å²) in [6.45, 7) is 12.0. The molecule has 1 fully saturated rings. The van der Waals surface area contributed by atoms with Crippen molar-refractivity contribution in [3.05, 3.63) is 17.5 Å². The Hall–Kier alpha value is -1.85. The zero-order valence-corrected chi connectivity index (χ0v) is 17.1. The molecule has 1 aliphatic rings. The summed E-state index contributed by atoms with van der Waals surface area (Å²) in [6.07, 6.45) is 4.31. The van der Waals surface area contributed by atoms with Gasteiger partial charge in [0.1, 0.15) is 5.69 Å². The van der Waals surface area contributed by atoms with Crippen molar-refractivity contribution in [2.75, 3.05) is 13.1 Å². The van der Waals surface area contributed by atoms with E-state index in [4.69, 9.17) is 0 Å². The van der Waals surface area contributed by atoms with Crippen molar-refractivity contribution in [2.45, 2.75) is 66.3 Å². The van der Waals surface area contributed by atoms with Gasteiger partial charge in [-0.1, -0.05) is 20.8 Å². The maximum Gasteiger partial charge on any atom is 0.274 e. The number of hydrogen-bond donors (Lipinski definition) is 1. The lowest BCUT2D eigenvalue weighted by atomic mass is 9.71. The Labute approximate surface area is 157 Å². The lowest BCUT2D eigenvalue weighted by molar-refractivity contribution is 0.0766. The highest BCUT2D eigenvalue weighted by Gasteiger charge is 2.31. The molecule has 1 saturated carbocycles. The van der Waals surface area contributed by atoms with Gasteiger partial charge in [0, 0.05) is 32.2 Å². The van der Waals surface area contributed by atoms with Crippen LogP contribution in [0, 0.1) is 11.3 Å². The Kier molecular flexibility index (Phi) is 6.48. The number of nitrogens with one attached hydrogen (secondary N) is 1. The minimum atomic E-state index is -0.141. The fourth-order valence-corrected chi connectivity index (χ4v) is 3.82. The molecule has 1 aromatic rings. The summed E-state index contributed by atoms with van der Waals surface area (Å²) in [7, 11) is 1.71. The summed E-state index contributed by atoms with van der Waals surface area (Å²) < 4.78 is 1.51. The van der Waals surface area contributed by atoms with Crippen LogP contribution in [0.25, 0.3) is 0 Å². The Morgan fingerprint density at radius 1 is 1.19 bits per heavy atom. The van der Waals surface area contributed by atoms with Crippen LogP contribution in [0.3, 0.4) is 0 Å². The van der Waals surface area contributed by atoms with Crippen LogP contribution in [0.5, 0.6) is 0 Å². The van der Waals surface area contributed by atoms with Gasteiger partial charge in [-0.3, -0.25) is 14.3 Å². The number of carbonyl (C=O) groups excluding carboxylic acids is 2. The van der Waals surface area contributed by atoms with E-state index in [1.54, 1.807) is 18.0 Å². The molecule has 0 bridgehead atoms. The van der Waals surface area contributed by atoms with Crippen molar-refractivity contribution in [3.63, 3.8) is 0 Å². The second-order valence-electron chi connectivity index (χ2n) is 8.40. The Bertz CT molecular complexity index is 633. The average Bonchev–Trinajstić information content (AvgIpc) is 2.97. The molecule has 0 unspecified atom stereocenters. The number of amides is 2. The normalized spacial score (nSPS) is 20.7. The van der Waals surface area contributed by atoms with Crippen molar-refractivity contribution < 1.29 is 9.59 Å². The minimum Gasteiger partial charge on any atom is -0.348 e. The number of aromatic nitrogens is 2. The fraction of sp³-hybridized carbons (Fsp3) is 0.750. The molecule has 2 rings (SSSR count). The van der Waals surface area contributed by atoms with Gasteiger partial charge in [-0.15, -0.1) is 0 Å². The lowest BCUT2D eigenvalue weighted by Crippen LogP contribution is -2.40. The molecule has 2 amide bonds. The zero-order chi connectivity index (χ0) is 19.5. The van der Waals surface area contributed by atoms with E-state index in [1.807, 2.05) is 13.8 Å². The van der Waals surface area contributed by atoms with Crippen LogP contribution in [0.4, 0.5) is 0 Å². The summed E-state index contributed by atoms with van der Waals surface area (Å²) in [5.74, 6) is 0.443. The fourth-order valence-electron chi connectivity index (χ4n) is 3.82. The van der Waals surface area contributed by atoms with E-state index in [0.717, 1.165) is 25.7 Å². The van der Waals surface area contributed by atoms with E-state index in [0.29, 0.717) is 35.8 Å². The van der Waals surface area contributed by atoms with Crippen molar-refractivity contribution in [3.8, 4) is 0 Å². The number of nitrogens with zero attached hydrogens (tertiary/aromatic N) is 3. The van der Waals surface area contributed by atoms with E-state index >= 15 is 0 Å². The maximum atomic E-state index is 12.7. The Morgan fingerprint density at radius 2 is 1.77 bits per heavy atom. The second-order valence-corrected chi connectivity index (χ2v) is 8.40. The maximum absolute atomic E-state index is 12.7. The largest absolute Gasteiger partial charge is 0.348 e. The third kappa shape index (κ3) is 4.65. The Morgan fingerprint density at radius 3 is 2.27 bits per heavy atom. The smallest absolute Gasteiger partial charge is 0.274 e. The first-order chi connectivity index (χ1) is 12.2. The van der Waals surface area contributed by atoms with Crippen LogP contribution in [0.1, 0.15) is 81.3 Å². The highest BCUT2D eigenvalue weighted by Crippen LogP contribution is 2.37. The molecule has 0 saturated heterocycles. The van der Waals surface area contributed by atoms with Crippen molar-refractivity contribution in [1.82, 2.24) is 20.0 Å². The van der Waals surface area contributed by atoms with Crippen LogP contribution in [0.15, 0.2) is 6.07 Å². The predicted octanol–water partition coefficient (Wildman–Crippen LogP) is 3.24. The van der Waals surface area contributed by atoms with Gasteiger partial charge in [0.05, 0.1) is 0 Å². The summed E-state index contributed by atoms with van der Waals surface area (Å²) in [6, 6.07) is 1.81. The SMILES string of the molecule is CCN(CC)C(=O)c1cc(C(=O)NC2CCC(C(C)(C)C)CC2)n(C)n1. The van der Waals surface area contributed by atoms with Gasteiger partial charge in [0.15, 0.2) is 5.69 Å². The molecule has 0 atom stereocenters. The topological polar surface area (TPSA) is 67.2 Å². The number of hydrogen-bond acceptors (Lipinski definition) is 3. The van der Waals surface area contributed by atoms with Crippen LogP contribution >= 0.6 is 0 Å². The highest BCUT2D eigenvalue weighted by atomic mass is 16.2. The minimum absolute atomic E-state index is 0.129. The first-order valence-corrected chi connectivity index (χ1v) is 9.81. The quantitative estimate of drug-likeness (QED) is 0.874. The van der Waals surface area contributed by atoms with Crippen LogP contribution in [0.2, 0.25) is 0 Å². The molecule has 1 N–H and O–H groups in total. The summed E-state index contributed by atoms with van der Waals surface area (Å²) in [5, 5.41) is 7.38. The Balaban J connectivity index is 1.99. The summed E-state index contributed by atoms with van der Waals surface area (Å²) >= 11 is 0. The van der Waals surface area contributed by atoms with Crippen LogP contribution < -0.4 is 5.32 Å². The molecule has 6 nitrogen and oxygen atoms in total. The molecule has 1 aromatic heterocycles. The van der Waals surface area contributed by atoms with Gasteiger partial charge < -0.3 is 10.2 Å². The van der Waals surface area contributed by atoms with Gasteiger partial charge in [0.2, 0.25) is 0 Å². The van der Waals surface area contributed by atoms with E-state index in [9.17, 15) is 9.59 Å². The zero-order valence-electron chi connectivity index (χ0n) is 17.1. The molecule has 6 heteroatoms. The van der Waals surface area contributed by atoms with Gasteiger partial charge in [-0.25, -0.2) is 0 Å². The molecule has 0 aromatic carbocycles. The summed E-state index contributed by atoms with van der Waals surface area (Å²) in [4.78, 5) is 26.8. The second kappa shape index (κ2) is 8.23. The predicted molar refractivity (Wildman–Crippen MR) is 103 cm³/mol. The molecule has 0 radical (unpaired) electrons. The molecule has 26 heavy (non-hydrogen) atoms. The van der Waals surface area contributed by atoms with E-state index in [1.165, 1.54) is 4.68 Å². The molecular weight excluding hydrogens is 328 g/mol. The van der Waals surface area contributed by atoms with Gasteiger partial charge >= 0.3 is 0 Å². The van der Waals surface area contributed by atoms with Crippen LogP contribution in [-0.4, -0.2) is 45.6 Å². The first kappa shape index (κ1) is 20.5. The summed E-state index contributed by atoms with van der Waals surface area (Å²) in [5.41, 5.74) is 1.10. The van der Waals surface area contributed by atoms with Gasteiger partial charge in [-0.05, 0) is 50.9 Å². The molecular formula is C20H34N4O2. The monoisotopic (exact) mass is 362 g/mol. The molecule has 1 heterocycles. The van der Waals surface area contributed by atoms with Crippen molar-refractivity contribution >= 4 is 11.8 Å². The first-order valence-electron chi connectivity index (χ1n) is 9.81. The van der Waals surface area contributed by atoms with E-state index < -0.39 is 0 Å².